The summed E-state index contributed by atoms with van der Waals surface area (Å²) in [6.07, 6.45) is 0. The van der Waals surface area contributed by atoms with Gasteiger partial charge in [0.25, 0.3) is 0 Å². The van der Waals surface area contributed by atoms with Crippen molar-refractivity contribution in [3.63, 3.8) is 0 Å². The van der Waals surface area contributed by atoms with E-state index in [-0.39, 0.29) is 0 Å². The maximum absolute atomic E-state index is 6.50. The van der Waals surface area contributed by atoms with Crippen LogP contribution in [-0.4, -0.2) is 15.0 Å². The molecule has 0 spiro atoms. The maximum atomic E-state index is 6.50. The molecule has 0 fully saturated rings. The quantitative estimate of drug-likeness (QED) is 0.169. The van der Waals surface area contributed by atoms with Gasteiger partial charge in [-0.3, -0.25) is 0 Å². The summed E-state index contributed by atoms with van der Waals surface area (Å²) in [4.78, 5) is 15.7. The van der Waals surface area contributed by atoms with Gasteiger partial charge >= 0.3 is 0 Å². The molecule has 4 heteroatoms. The molecular weight excluding hydrogens is 731 g/mol. The van der Waals surface area contributed by atoms with Gasteiger partial charge in [-0.25, -0.2) is 15.0 Å². The van der Waals surface area contributed by atoms with Gasteiger partial charge in [-0.1, -0.05) is 194 Å². The first-order chi connectivity index (χ1) is 29.7. The lowest BCUT2D eigenvalue weighted by Gasteiger charge is -2.33. The molecule has 0 bridgehead atoms. The Morgan fingerprint density at radius 3 is 1.60 bits per heavy atom. The number of rotatable bonds is 6. The van der Waals surface area contributed by atoms with Crippen LogP contribution >= 0.6 is 0 Å². The molecule has 0 unspecified atom stereocenters. The molecule has 0 amide bonds. The molecule has 1 aromatic heterocycles. The second-order valence-electron chi connectivity index (χ2n) is 15.5. The zero-order valence-electron chi connectivity index (χ0n) is 32.5. The Hall–Kier alpha value is -7.95. The van der Waals surface area contributed by atoms with Crippen molar-refractivity contribution in [2.75, 3.05) is 0 Å². The van der Waals surface area contributed by atoms with Gasteiger partial charge < -0.3 is 4.74 Å². The summed E-state index contributed by atoms with van der Waals surface area (Å²) in [6.45, 7) is 0. The SMILES string of the molecule is c1ccc(-c2nc(-c3ccc(-c4ccc5c(c4)Oc4cccc6cccc-5c46)cc3)nc(-c3cccc4c3-c3ccccc3C4(c3ccccc3)c3ccccc3)n2)cc1. The molecule has 0 atom stereocenters. The van der Waals surface area contributed by atoms with Crippen LogP contribution in [0.4, 0.5) is 0 Å². The highest BCUT2D eigenvalue weighted by atomic mass is 16.5. The predicted octanol–water partition coefficient (Wildman–Crippen LogP) is 13.8. The van der Waals surface area contributed by atoms with E-state index in [1.54, 1.807) is 0 Å². The predicted molar refractivity (Wildman–Crippen MR) is 242 cm³/mol. The third kappa shape index (κ3) is 5.21. The third-order valence-electron chi connectivity index (χ3n) is 12.2. The molecule has 10 aromatic rings. The Bertz CT molecular complexity index is 3230. The molecule has 0 saturated carbocycles. The number of nitrogens with zero attached hydrogens (tertiary/aromatic N) is 3. The van der Waals surface area contributed by atoms with Gasteiger partial charge in [-0.05, 0) is 73.7 Å². The average Bonchev–Trinajstić information content (AvgIpc) is 3.64. The van der Waals surface area contributed by atoms with E-state index in [9.17, 15) is 0 Å². The Kier molecular flexibility index (Phi) is 7.72. The number of fused-ring (bicyclic) bond motifs is 5. The van der Waals surface area contributed by atoms with Crippen LogP contribution in [0.3, 0.4) is 0 Å². The number of hydrogen-bond acceptors (Lipinski definition) is 4. The van der Waals surface area contributed by atoms with E-state index >= 15 is 0 Å². The minimum absolute atomic E-state index is 0.531. The van der Waals surface area contributed by atoms with Crippen LogP contribution in [0, 0.1) is 0 Å². The Labute approximate surface area is 348 Å². The topological polar surface area (TPSA) is 47.9 Å². The van der Waals surface area contributed by atoms with Crippen LogP contribution in [0.25, 0.3) is 78.3 Å². The highest BCUT2D eigenvalue weighted by Gasteiger charge is 2.47. The summed E-state index contributed by atoms with van der Waals surface area (Å²) in [5.74, 6) is 3.63. The molecule has 2 heterocycles. The molecule has 4 nitrogen and oxygen atoms in total. The fourth-order valence-electron chi connectivity index (χ4n) is 9.58. The Morgan fingerprint density at radius 1 is 0.333 bits per heavy atom. The largest absolute Gasteiger partial charge is 0.456 e. The molecule has 60 heavy (non-hydrogen) atoms. The summed E-state index contributed by atoms with van der Waals surface area (Å²) in [7, 11) is 0. The summed E-state index contributed by atoms with van der Waals surface area (Å²) in [5.41, 5.74) is 13.9. The van der Waals surface area contributed by atoms with Crippen molar-refractivity contribution in [1.29, 1.82) is 0 Å². The van der Waals surface area contributed by atoms with Gasteiger partial charge in [0.15, 0.2) is 17.5 Å². The van der Waals surface area contributed by atoms with Crippen LogP contribution in [0.15, 0.2) is 212 Å². The van der Waals surface area contributed by atoms with E-state index in [0.717, 1.165) is 55.8 Å². The normalized spacial score (nSPS) is 12.9. The first-order valence-corrected chi connectivity index (χ1v) is 20.4. The van der Waals surface area contributed by atoms with E-state index in [0.29, 0.717) is 17.5 Å². The van der Waals surface area contributed by atoms with Crippen LogP contribution in [0.1, 0.15) is 22.3 Å². The number of ether oxygens (including phenoxy) is 1. The molecule has 1 aliphatic heterocycles. The summed E-state index contributed by atoms with van der Waals surface area (Å²) < 4.78 is 6.50. The minimum Gasteiger partial charge on any atom is -0.456 e. The Morgan fingerprint density at radius 2 is 0.867 bits per heavy atom. The third-order valence-corrected chi connectivity index (χ3v) is 12.2. The standard InChI is InChI=1S/C56H35N3O/c1-4-15-38(16-5-1)53-57-54(39-31-29-36(30-32-39)40-33-34-43-44-24-12-17-37-18-13-28-49(51(37)44)60-50(43)35-40)59-55(58-53)46-25-14-27-48-52(46)45-23-10-11-26-47(45)56(48,41-19-6-2-7-20-41)42-21-8-3-9-22-42/h1-35H. The highest BCUT2D eigenvalue weighted by Crippen LogP contribution is 2.58. The van der Waals surface area contributed by atoms with Crippen LogP contribution in [0.2, 0.25) is 0 Å². The van der Waals surface area contributed by atoms with Gasteiger partial charge in [0, 0.05) is 27.6 Å². The lowest BCUT2D eigenvalue weighted by Crippen LogP contribution is -2.28. The first kappa shape index (κ1) is 34.1. The van der Waals surface area contributed by atoms with Crippen molar-refractivity contribution in [2.24, 2.45) is 0 Å². The van der Waals surface area contributed by atoms with Crippen molar-refractivity contribution >= 4 is 10.8 Å². The fourth-order valence-corrected chi connectivity index (χ4v) is 9.58. The lowest BCUT2D eigenvalue weighted by molar-refractivity contribution is 0.487. The Balaban J connectivity index is 0.996. The van der Waals surface area contributed by atoms with Crippen LogP contribution in [0.5, 0.6) is 11.5 Å². The van der Waals surface area contributed by atoms with Gasteiger partial charge in [0.1, 0.15) is 11.5 Å². The maximum Gasteiger partial charge on any atom is 0.164 e. The molecule has 2 aliphatic rings. The van der Waals surface area contributed by atoms with Crippen LogP contribution in [-0.2, 0) is 5.41 Å². The van der Waals surface area contributed by atoms with Crippen molar-refractivity contribution in [3.05, 3.63) is 235 Å². The summed E-state index contributed by atoms with van der Waals surface area (Å²) in [5, 5.41) is 2.34. The van der Waals surface area contributed by atoms with Crippen molar-refractivity contribution < 1.29 is 4.74 Å². The molecule has 0 radical (unpaired) electrons. The number of aromatic nitrogens is 3. The summed E-state index contributed by atoms with van der Waals surface area (Å²) >= 11 is 0. The van der Waals surface area contributed by atoms with E-state index < -0.39 is 5.41 Å². The molecular formula is C56H35N3O. The molecule has 280 valence electrons. The monoisotopic (exact) mass is 765 g/mol. The smallest absolute Gasteiger partial charge is 0.164 e. The van der Waals surface area contributed by atoms with Gasteiger partial charge in [-0.15, -0.1) is 0 Å². The lowest BCUT2D eigenvalue weighted by atomic mass is 9.67. The average molecular weight is 766 g/mol. The van der Waals surface area contributed by atoms with E-state index in [4.69, 9.17) is 19.7 Å². The summed E-state index contributed by atoms with van der Waals surface area (Å²) in [6, 6.07) is 75.0. The second kappa shape index (κ2) is 13.6. The molecule has 0 saturated heterocycles. The van der Waals surface area contributed by atoms with E-state index in [1.807, 2.05) is 24.3 Å². The van der Waals surface area contributed by atoms with E-state index in [1.165, 1.54) is 38.8 Å². The molecule has 9 aromatic carbocycles. The second-order valence-corrected chi connectivity index (χ2v) is 15.5. The zero-order chi connectivity index (χ0) is 39.6. The first-order valence-electron chi connectivity index (χ1n) is 20.4. The van der Waals surface area contributed by atoms with Gasteiger partial charge in [0.2, 0.25) is 0 Å². The molecule has 0 N–H and O–H groups in total. The highest BCUT2D eigenvalue weighted by molar-refractivity contribution is 6.04. The zero-order valence-corrected chi connectivity index (χ0v) is 32.5. The van der Waals surface area contributed by atoms with Gasteiger partial charge in [-0.2, -0.15) is 0 Å². The fraction of sp³-hybridized carbons (Fsp3) is 0.0179. The van der Waals surface area contributed by atoms with E-state index in [2.05, 4.69) is 188 Å². The minimum atomic E-state index is -0.531. The molecule has 1 aliphatic carbocycles. The number of hydrogen-bond donors (Lipinski definition) is 0. The van der Waals surface area contributed by atoms with Crippen molar-refractivity contribution in [2.45, 2.75) is 5.41 Å². The number of benzene rings is 9. The van der Waals surface area contributed by atoms with Crippen molar-refractivity contribution in [3.8, 4) is 79.0 Å². The van der Waals surface area contributed by atoms with Crippen LogP contribution < -0.4 is 4.74 Å². The van der Waals surface area contributed by atoms with Crippen molar-refractivity contribution in [1.82, 2.24) is 15.0 Å². The molecule has 12 rings (SSSR count). The van der Waals surface area contributed by atoms with Gasteiger partial charge in [0.05, 0.1) is 5.41 Å².